The number of carbonyl (C=O) groups is 1. The van der Waals surface area contributed by atoms with E-state index in [1.54, 1.807) is 0 Å². The molecule has 0 unspecified atom stereocenters. The highest BCUT2D eigenvalue weighted by Crippen LogP contribution is 2.27. The SMILES string of the molecule is O=C(OI)N1CCC(F)(F)CC1. The van der Waals surface area contributed by atoms with Crippen LogP contribution < -0.4 is 0 Å². The largest absolute Gasteiger partial charge is 0.419 e. The molecule has 12 heavy (non-hydrogen) atoms. The number of rotatable bonds is 0. The number of alkyl halides is 2. The molecule has 1 aliphatic heterocycles. The minimum Gasteiger partial charge on any atom is -0.378 e. The van der Waals surface area contributed by atoms with Gasteiger partial charge >= 0.3 is 6.09 Å². The third-order valence-electron chi connectivity index (χ3n) is 1.82. The van der Waals surface area contributed by atoms with E-state index >= 15 is 0 Å². The van der Waals surface area contributed by atoms with Gasteiger partial charge in [-0.25, -0.2) is 13.6 Å². The minimum absolute atomic E-state index is 0.0782. The Morgan fingerprint density at radius 3 is 2.33 bits per heavy atom. The quantitative estimate of drug-likeness (QED) is 0.640. The van der Waals surface area contributed by atoms with Crippen LogP contribution in [-0.4, -0.2) is 30.0 Å². The van der Waals surface area contributed by atoms with E-state index in [0.717, 1.165) is 0 Å². The number of amides is 1. The van der Waals surface area contributed by atoms with Gasteiger partial charge in [-0.15, -0.1) is 0 Å². The molecule has 0 atom stereocenters. The zero-order chi connectivity index (χ0) is 9.19. The Balaban J connectivity index is 2.41. The van der Waals surface area contributed by atoms with E-state index in [2.05, 4.69) is 3.07 Å². The third-order valence-corrected chi connectivity index (χ3v) is 2.20. The van der Waals surface area contributed by atoms with E-state index in [1.165, 1.54) is 27.9 Å². The van der Waals surface area contributed by atoms with E-state index in [4.69, 9.17) is 0 Å². The molecule has 1 aliphatic rings. The third kappa shape index (κ3) is 2.43. The number of nitrogens with zero attached hydrogens (tertiary/aromatic N) is 1. The molecule has 70 valence electrons. The highest BCUT2D eigenvalue weighted by atomic mass is 127. The van der Waals surface area contributed by atoms with Crippen LogP contribution in [0, 0.1) is 0 Å². The molecule has 0 aliphatic carbocycles. The lowest BCUT2D eigenvalue weighted by Gasteiger charge is -2.30. The second kappa shape index (κ2) is 3.71. The normalized spacial score (nSPS) is 22.1. The fourth-order valence-corrected chi connectivity index (χ4v) is 1.34. The molecule has 0 radical (unpaired) electrons. The monoisotopic (exact) mass is 291 g/mol. The standard InChI is InChI=1S/C6H8F2INO2/c7-6(8)1-3-10(4-2-6)5(11)12-9/h1-4H2. The molecule has 1 heterocycles. The van der Waals surface area contributed by atoms with Crippen LogP contribution in [0.15, 0.2) is 0 Å². The van der Waals surface area contributed by atoms with Crippen molar-refractivity contribution < 1.29 is 16.6 Å². The fraction of sp³-hybridized carbons (Fsp3) is 0.833. The van der Waals surface area contributed by atoms with Crippen molar-refractivity contribution >= 4 is 29.1 Å². The number of likely N-dealkylation sites (tertiary alicyclic amines) is 1. The molecule has 0 aromatic carbocycles. The summed E-state index contributed by atoms with van der Waals surface area (Å²) in [7, 11) is 0. The molecular formula is C6H8F2INO2. The Labute approximate surface area is 82.7 Å². The lowest BCUT2D eigenvalue weighted by molar-refractivity contribution is -0.0489. The first-order valence-electron chi connectivity index (χ1n) is 3.50. The topological polar surface area (TPSA) is 29.5 Å². The highest BCUT2D eigenvalue weighted by Gasteiger charge is 2.35. The summed E-state index contributed by atoms with van der Waals surface area (Å²) in [4.78, 5) is 12.1. The van der Waals surface area contributed by atoms with Gasteiger partial charge in [0.2, 0.25) is 0 Å². The number of halogens is 3. The lowest BCUT2D eigenvalue weighted by Crippen LogP contribution is -2.42. The number of carbonyl (C=O) groups excluding carboxylic acids is 1. The second-order valence-electron chi connectivity index (χ2n) is 2.69. The maximum Gasteiger partial charge on any atom is 0.419 e. The highest BCUT2D eigenvalue weighted by molar-refractivity contribution is 14.1. The van der Waals surface area contributed by atoms with Gasteiger partial charge in [-0.3, -0.25) is 0 Å². The van der Waals surface area contributed by atoms with Crippen LogP contribution in [0.4, 0.5) is 13.6 Å². The summed E-state index contributed by atoms with van der Waals surface area (Å²) >= 11 is 1.45. The Morgan fingerprint density at radius 2 is 1.92 bits per heavy atom. The Bertz CT molecular complexity index is 178. The summed E-state index contributed by atoms with van der Waals surface area (Å²) in [6.45, 7) is 0.156. The summed E-state index contributed by atoms with van der Waals surface area (Å²) in [6, 6.07) is 0. The van der Waals surface area contributed by atoms with E-state index in [9.17, 15) is 13.6 Å². The van der Waals surface area contributed by atoms with Crippen LogP contribution in [0.5, 0.6) is 0 Å². The van der Waals surface area contributed by atoms with Crippen molar-refractivity contribution in [2.24, 2.45) is 0 Å². The smallest absolute Gasteiger partial charge is 0.378 e. The molecule has 0 N–H and O–H groups in total. The van der Waals surface area contributed by atoms with Crippen LogP contribution in [0.2, 0.25) is 0 Å². The molecule has 3 nitrogen and oxygen atoms in total. The number of hydrogen-bond acceptors (Lipinski definition) is 2. The van der Waals surface area contributed by atoms with E-state index < -0.39 is 12.0 Å². The molecule has 0 spiro atoms. The molecule has 1 saturated heterocycles. The summed E-state index contributed by atoms with van der Waals surface area (Å²) < 4.78 is 29.5. The summed E-state index contributed by atoms with van der Waals surface area (Å²) in [5, 5.41) is 0. The van der Waals surface area contributed by atoms with Crippen LogP contribution in [0.25, 0.3) is 0 Å². The Hall–Kier alpha value is -0.140. The van der Waals surface area contributed by atoms with Crippen LogP contribution in [0.3, 0.4) is 0 Å². The van der Waals surface area contributed by atoms with E-state index in [0.29, 0.717) is 0 Å². The van der Waals surface area contributed by atoms with Gasteiger partial charge < -0.3 is 7.97 Å². The average Bonchev–Trinajstić information content (AvgIpc) is 2.03. The molecule has 6 heteroatoms. The van der Waals surface area contributed by atoms with Gasteiger partial charge in [0.15, 0.2) is 23.0 Å². The Kier molecular flexibility index (Phi) is 3.08. The first-order valence-corrected chi connectivity index (χ1v) is 4.38. The van der Waals surface area contributed by atoms with Crippen LogP contribution in [0.1, 0.15) is 12.8 Å². The van der Waals surface area contributed by atoms with Crippen molar-refractivity contribution in [3.63, 3.8) is 0 Å². The molecule has 0 bridgehead atoms. The van der Waals surface area contributed by atoms with Crippen molar-refractivity contribution in [2.75, 3.05) is 13.1 Å². The molecule has 0 saturated carbocycles. The van der Waals surface area contributed by atoms with E-state index in [-0.39, 0.29) is 25.9 Å². The number of piperidine rings is 1. The molecular weight excluding hydrogens is 283 g/mol. The van der Waals surface area contributed by atoms with Gasteiger partial charge in [-0.2, -0.15) is 0 Å². The predicted octanol–water partition coefficient (Wildman–Crippen LogP) is 2.20. The molecule has 0 aromatic rings. The van der Waals surface area contributed by atoms with Gasteiger partial charge in [0, 0.05) is 25.9 Å². The van der Waals surface area contributed by atoms with Crippen molar-refractivity contribution in [1.82, 2.24) is 4.90 Å². The molecule has 1 rings (SSSR count). The predicted molar refractivity (Wildman–Crippen MR) is 46.3 cm³/mol. The molecule has 1 fully saturated rings. The lowest BCUT2D eigenvalue weighted by atomic mass is 10.1. The molecule has 1 amide bonds. The maximum absolute atomic E-state index is 12.6. The van der Waals surface area contributed by atoms with Gasteiger partial charge in [-0.1, -0.05) is 0 Å². The van der Waals surface area contributed by atoms with Crippen molar-refractivity contribution in [3.8, 4) is 0 Å². The fourth-order valence-electron chi connectivity index (χ4n) is 1.07. The Morgan fingerprint density at radius 1 is 1.42 bits per heavy atom. The average molecular weight is 291 g/mol. The zero-order valence-electron chi connectivity index (χ0n) is 6.23. The van der Waals surface area contributed by atoms with Gasteiger partial charge in [0.05, 0.1) is 0 Å². The summed E-state index contributed by atoms with van der Waals surface area (Å²) in [5.41, 5.74) is 0. The number of hydrogen-bond donors (Lipinski definition) is 0. The van der Waals surface area contributed by atoms with Crippen LogP contribution in [-0.2, 0) is 3.07 Å². The molecule has 0 aromatic heterocycles. The van der Waals surface area contributed by atoms with Crippen molar-refractivity contribution in [3.05, 3.63) is 0 Å². The van der Waals surface area contributed by atoms with Gasteiger partial charge in [-0.05, 0) is 0 Å². The summed E-state index contributed by atoms with van der Waals surface area (Å²) in [6.07, 6.45) is -1.07. The van der Waals surface area contributed by atoms with Gasteiger partial charge in [0.1, 0.15) is 0 Å². The summed E-state index contributed by atoms with van der Waals surface area (Å²) in [5.74, 6) is -2.61. The minimum atomic E-state index is -2.61. The van der Waals surface area contributed by atoms with Crippen LogP contribution >= 0.6 is 23.0 Å². The zero-order valence-corrected chi connectivity index (χ0v) is 8.38. The second-order valence-corrected chi connectivity index (χ2v) is 3.13. The van der Waals surface area contributed by atoms with Gasteiger partial charge in [0.25, 0.3) is 5.92 Å². The maximum atomic E-state index is 12.6. The van der Waals surface area contributed by atoms with E-state index in [1.807, 2.05) is 0 Å². The van der Waals surface area contributed by atoms with Crippen molar-refractivity contribution in [2.45, 2.75) is 18.8 Å². The first-order chi connectivity index (χ1) is 5.55. The first kappa shape index (κ1) is 9.94. The van der Waals surface area contributed by atoms with Crippen molar-refractivity contribution in [1.29, 1.82) is 0 Å².